The molecule has 5 rings (SSSR count). The number of nitrogens with zero attached hydrogens (tertiary/aromatic N) is 4. The molecule has 2 aromatic heterocycles. The topological polar surface area (TPSA) is 99.2 Å². The van der Waals surface area contributed by atoms with Crippen molar-refractivity contribution in [3.05, 3.63) is 94.9 Å². The van der Waals surface area contributed by atoms with Gasteiger partial charge in [0.2, 0.25) is 5.91 Å². The van der Waals surface area contributed by atoms with Gasteiger partial charge in [0, 0.05) is 29.2 Å². The Morgan fingerprint density at radius 1 is 1.03 bits per heavy atom. The third-order valence-electron chi connectivity index (χ3n) is 7.06. The smallest absolute Gasteiger partial charge is 0.345 e. The molecule has 192 valence electrons. The first-order valence-electron chi connectivity index (χ1n) is 12.7. The molecule has 0 saturated heterocycles. The van der Waals surface area contributed by atoms with Gasteiger partial charge in [0.15, 0.2) is 0 Å². The number of thiophene rings is 1. The Hall–Kier alpha value is -4.22. The molecule has 2 aromatic carbocycles. The molecule has 0 bridgehead atoms. The van der Waals surface area contributed by atoms with Crippen LogP contribution in [-0.2, 0) is 17.9 Å². The van der Waals surface area contributed by atoms with E-state index in [2.05, 4.69) is 11.1 Å². The number of rotatable bonds is 8. The van der Waals surface area contributed by atoms with E-state index in [1.165, 1.54) is 17.8 Å². The van der Waals surface area contributed by atoms with Gasteiger partial charge in [-0.05, 0) is 60.4 Å². The van der Waals surface area contributed by atoms with E-state index < -0.39 is 5.97 Å². The van der Waals surface area contributed by atoms with Crippen molar-refractivity contribution in [2.45, 2.75) is 45.2 Å². The van der Waals surface area contributed by atoms with Gasteiger partial charge >= 0.3 is 5.97 Å². The van der Waals surface area contributed by atoms with Crippen molar-refractivity contribution in [2.75, 3.05) is 4.90 Å². The molecule has 2 heterocycles. The SMILES string of the molecule is N#Cc1ccc(Cn2cncc2CN(C(=O)C2CCCCC2)c2ccc(-c3ccc(C(=O)O)s3)cc2)cc1. The van der Waals surface area contributed by atoms with Crippen LogP contribution in [0.25, 0.3) is 10.4 Å². The van der Waals surface area contributed by atoms with E-state index in [4.69, 9.17) is 5.26 Å². The van der Waals surface area contributed by atoms with Crippen molar-refractivity contribution >= 4 is 28.9 Å². The van der Waals surface area contributed by atoms with Crippen molar-refractivity contribution in [2.24, 2.45) is 5.92 Å². The average Bonchev–Trinajstić information content (AvgIpc) is 3.63. The fourth-order valence-electron chi connectivity index (χ4n) is 4.95. The zero-order valence-electron chi connectivity index (χ0n) is 20.9. The van der Waals surface area contributed by atoms with Crippen LogP contribution in [0.3, 0.4) is 0 Å². The minimum Gasteiger partial charge on any atom is -0.477 e. The Morgan fingerprint density at radius 3 is 2.42 bits per heavy atom. The van der Waals surface area contributed by atoms with Gasteiger partial charge in [0.05, 0.1) is 30.2 Å². The van der Waals surface area contributed by atoms with Crippen LogP contribution in [0.4, 0.5) is 5.69 Å². The highest BCUT2D eigenvalue weighted by Crippen LogP contribution is 2.32. The van der Waals surface area contributed by atoms with Crippen LogP contribution in [-0.4, -0.2) is 26.5 Å². The summed E-state index contributed by atoms with van der Waals surface area (Å²) in [4.78, 5) is 32.5. The lowest BCUT2D eigenvalue weighted by Gasteiger charge is -2.30. The molecule has 7 nitrogen and oxygen atoms in total. The normalized spacial score (nSPS) is 13.7. The minimum absolute atomic E-state index is 0.00810. The summed E-state index contributed by atoms with van der Waals surface area (Å²) in [5.74, 6) is -0.790. The monoisotopic (exact) mass is 524 g/mol. The van der Waals surface area contributed by atoms with Gasteiger partial charge in [-0.15, -0.1) is 11.3 Å². The molecule has 0 aliphatic heterocycles. The molecule has 4 aromatic rings. The Bertz CT molecular complexity index is 1460. The van der Waals surface area contributed by atoms with E-state index >= 15 is 0 Å². The van der Waals surface area contributed by atoms with E-state index in [9.17, 15) is 14.7 Å². The zero-order chi connectivity index (χ0) is 26.5. The van der Waals surface area contributed by atoms with Crippen LogP contribution in [0, 0.1) is 17.2 Å². The maximum atomic E-state index is 13.8. The summed E-state index contributed by atoms with van der Waals surface area (Å²) in [5.41, 5.74) is 4.32. The zero-order valence-corrected chi connectivity index (χ0v) is 21.7. The second-order valence-electron chi connectivity index (χ2n) is 9.60. The molecule has 1 amide bonds. The molecular weight excluding hydrogens is 496 g/mol. The van der Waals surface area contributed by atoms with Gasteiger partial charge in [0.1, 0.15) is 4.88 Å². The van der Waals surface area contributed by atoms with Crippen molar-refractivity contribution < 1.29 is 14.7 Å². The van der Waals surface area contributed by atoms with Gasteiger partial charge in [0.25, 0.3) is 0 Å². The summed E-state index contributed by atoms with van der Waals surface area (Å²) >= 11 is 1.24. The third kappa shape index (κ3) is 5.68. The fourth-order valence-corrected chi connectivity index (χ4v) is 5.80. The van der Waals surface area contributed by atoms with Gasteiger partial charge in [-0.1, -0.05) is 43.5 Å². The van der Waals surface area contributed by atoms with Gasteiger partial charge < -0.3 is 14.6 Å². The molecule has 38 heavy (non-hydrogen) atoms. The number of imidazole rings is 1. The largest absolute Gasteiger partial charge is 0.477 e. The number of carbonyl (C=O) groups is 2. The highest BCUT2D eigenvalue weighted by Gasteiger charge is 2.28. The van der Waals surface area contributed by atoms with Crippen LogP contribution in [0.2, 0.25) is 0 Å². The number of aromatic nitrogens is 2. The molecule has 0 radical (unpaired) electrons. The molecule has 1 N–H and O–H groups in total. The Balaban J connectivity index is 1.41. The molecule has 0 spiro atoms. The summed E-state index contributed by atoms with van der Waals surface area (Å²) in [7, 11) is 0. The number of anilines is 1. The molecule has 8 heteroatoms. The predicted molar refractivity (Wildman–Crippen MR) is 147 cm³/mol. The molecule has 1 aliphatic rings. The number of amides is 1. The number of carboxylic acid groups (broad SMARTS) is 1. The fraction of sp³-hybridized carbons (Fsp3) is 0.267. The standard InChI is InChI=1S/C30H28N4O3S/c31-16-21-6-8-22(9-7-21)18-33-20-32-17-26(33)19-34(29(35)24-4-2-1-3-5-24)25-12-10-23(11-13-25)27-14-15-28(38-27)30(36)37/h6-15,17,20,24H,1-5,18-19H2,(H,36,37). The van der Waals surface area contributed by atoms with Crippen LogP contribution in [0.5, 0.6) is 0 Å². The minimum atomic E-state index is -0.931. The maximum Gasteiger partial charge on any atom is 0.345 e. The number of carbonyl (C=O) groups excluding carboxylic acids is 1. The van der Waals surface area contributed by atoms with Crippen molar-refractivity contribution in [1.29, 1.82) is 5.26 Å². The van der Waals surface area contributed by atoms with E-state index in [0.717, 1.165) is 53.1 Å². The first kappa shape index (κ1) is 25.4. The summed E-state index contributed by atoms with van der Waals surface area (Å²) in [6.07, 6.45) is 8.72. The van der Waals surface area contributed by atoms with Crippen LogP contribution in [0.1, 0.15) is 58.6 Å². The van der Waals surface area contributed by atoms with Gasteiger partial charge in [-0.3, -0.25) is 4.79 Å². The predicted octanol–water partition coefficient (Wildman–Crippen LogP) is 6.34. The number of aromatic carboxylic acids is 1. The summed E-state index contributed by atoms with van der Waals surface area (Å²) in [6, 6.07) is 20.8. The molecule has 0 unspecified atom stereocenters. The van der Waals surface area contributed by atoms with Crippen LogP contribution >= 0.6 is 11.3 Å². The molecular formula is C30H28N4O3S. The second-order valence-corrected chi connectivity index (χ2v) is 10.7. The Kier molecular flexibility index (Phi) is 7.66. The first-order valence-corrected chi connectivity index (χ1v) is 13.6. The number of hydrogen-bond donors (Lipinski definition) is 1. The highest BCUT2D eigenvalue weighted by molar-refractivity contribution is 7.17. The Morgan fingerprint density at radius 2 is 1.76 bits per heavy atom. The number of nitriles is 1. The average molecular weight is 525 g/mol. The molecule has 1 saturated carbocycles. The van der Waals surface area contributed by atoms with Crippen molar-refractivity contribution in [3.8, 4) is 16.5 Å². The van der Waals surface area contributed by atoms with Crippen molar-refractivity contribution in [3.63, 3.8) is 0 Å². The quantitative estimate of drug-likeness (QED) is 0.290. The second kappa shape index (κ2) is 11.4. The number of carboxylic acids is 1. The van der Waals surface area contributed by atoms with Crippen LogP contribution in [0.15, 0.2) is 73.2 Å². The van der Waals surface area contributed by atoms with Crippen molar-refractivity contribution in [1.82, 2.24) is 9.55 Å². The van der Waals surface area contributed by atoms with E-state index in [0.29, 0.717) is 23.5 Å². The lowest BCUT2D eigenvalue weighted by molar-refractivity contribution is -0.123. The Labute approximate surface area is 225 Å². The van der Waals surface area contributed by atoms with Gasteiger partial charge in [-0.25, -0.2) is 9.78 Å². The lowest BCUT2D eigenvalue weighted by atomic mass is 9.88. The summed E-state index contributed by atoms with van der Waals surface area (Å²) < 4.78 is 2.04. The van der Waals surface area contributed by atoms with Crippen LogP contribution < -0.4 is 4.90 Å². The molecule has 0 atom stereocenters. The van der Waals surface area contributed by atoms with E-state index in [-0.39, 0.29) is 11.8 Å². The van der Waals surface area contributed by atoms with E-state index in [1.807, 2.05) is 51.9 Å². The third-order valence-corrected chi connectivity index (χ3v) is 8.18. The van der Waals surface area contributed by atoms with E-state index in [1.54, 1.807) is 30.7 Å². The first-order chi connectivity index (χ1) is 18.5. The molecule has 1 aliphatic carbocycles. The summed E-state index contributed by atoms with van der Waals surface area (Å²) in [6.45, 7) is 0.989. The lowest BCUT2D eigenvalue weighted by Crippen LogP contribution is -2.37. The maximum absolute atomic E-state index is 13.8. The highest BCUT2D eigenvalue weighted by atomic mass is 32.1. The number of hydrogen-bond acceptors (Lipinski definition) is 5. The summed E-state index contributed by atoms with van der Waals surface area (Å²) in [5, 5.41) is 18.3. The molecule has 1 fully saturated rings. The number of benzene rings is 2. The van der Waals surface area contributed by atoms with Gasteiger partial charge in [-0.2, -0.15) is 5.26 Å².